The lowest BCUT2D eigenvalue weighted by Crippen LogP contribution is -2.50. The summed E-state index contributed by atoms with van der Waals surface area (Å²) < 4.78 is 5.64. The molecule has 1 aromatic rings. The Kier molecular flexibility index (Phi) is 3.36. The van der Waals surface area contributed by atoms with Gasteiger partial charge in [-0.15, -0.1) is 0 Å². The zero-order valence-electron chi connectivity index (χ0n) is 14.5. The number of aliphatic imine (C=N–C) groups is 1. The van der Waals surface area contributed by atoms with Crippen LogP contribution in [0.15, 0.2) is 35.0 Å². The summed E-state index contributed by atoms with van der Waals surface area (Å²) in [7, 11) is 0. The van der Waals surface area contributed by atoms with Gasteiger partial charge in [-0.3, -0.25) is 0 Å². The van der Waals surface area contributed by atoms with E-state index in [9.17, 15) is 9.59 Å². The zero-order chi connectivity index (χ0) is 17.9. The molecule has 4 bridgehead atoms. The van der Waals surface area contributed by atoms with Gasteiger partial charge in [0.2, 0.25) is 5.90 Å². The molecule has 134 valence electrons. The maximum absolute atomic E-state index is 12.4. The van der Waals surface area contributed by atoms with E-state index < -0.39 is 11.9 Å². The van der Waals surface area contributed by atoms with Crippen LogP contribution in [0.4, 0.5) is 0 Å². The van der Waals surface area contributed by atoms with Crippen molar-refractivity contribution in [3.05, 3.63) is 41.1 Å². The van der Waals surface area contributed by atoms with E-state index in [1.807, 2.05) is 0 Å². The van der Waals surface area contributed by atoms with Crippen LogP contribution in [0.1, 0.15) is 54.4 Å². The maximum Gasteiger partial charge on any atom is 0.363 e. The number of carbonyl (C=O) groups is 2. The topological polar surface area (TPSA) is 76.0 Å². The van der Waals surface area contributed by atoms with Crippen LogP contribution in [0.3, 0.4) is 0 Å². The smallest absolute Gasteiger partial charge is 0.363 e. The van der Waals surface area contributed by atoms with Crippen LogP contribution in [0.2, 0.25) is 0 Å². The Balaban J connectivity index is 1.44. The van der Waals surface area contributed by atoms with Gasteiger partial charge in [0.25, 0.3) is 0 Å². The van der Waals surface area contributed by atoms with E-state index in [2.05, 4.69) is 4.99 Å². The standard InChI is InChI=1S/C21H21NO4/c23-18(24)16-3-1-12(2-4-16)8-17-19(25)26-20(22-17)21-9-13-5-14(10-21)7-15(6-13)11-21/h1-4,8,13-15H,5-7,9-11H2,(H,23,24)/b17-8-. The van der Waals surface area contributed by atoms with Crippen molar-refractivity contribution < 1.29 is 19.4 Å². The second-order valence-electron chi connectivity index (χ2n) is 8.46. The first-order chi connectivity index (χ1) is 12.5. The highest BCUT2D eigenvalue weighted by atomic mass is 16.6. The van der Waals surface area contributed by atoms with Crippen LogP contribution >= 0.6 is 0 Å². The molecule has 1 aromatic carbocycles. The first-order valence-electron chi connectivity index (χ1n) is 9.37. The fourth-order valence-electron chi connectivity index (χ4n) is 5.89. The number of carboxylic acids is 1. The van der Waals surface area contributed by atoms with Gasteiger partial charge in [-0.1, -0.05) is 12.1 Å². The second kappa shape index (κ2) is 5.53. The number of esters is 1. The van der Waals surface area contributed by atoms with Gasteiger partial charge in [0.15, 0.2) is 5.70 Å². The Morgan fingerprint density at radius 1 is 1.08 bits per heavy atom. The third-order valence-corrected chi connectivity index (χ3v) is 6.57. The summed E-state index contributed by atoms with van der Waals surface area (Å²) in [6.07, 6.45) is 8.99. The second-order valence-corrected chi connectivity index (χ2v) is 8.46. The van der Waals surface area contributed by atoms with Crippen LogP contribution in [0.5, 0.6) is 0 Å². The number of ether oxygens (including phenoxy) is 1. The molecule has 0 saturated heterocycles. The molecule has 1 heterocycles. The van der Waals surface area contributed by atoms with Crippen molar-refractivity contribution in [2.75, 3.05) is 0 Å². The van der Waals surface area contributed by atoms with Gasteiger partial charge in [0.1, 0.15) is 0 Å². The van der Waals surface area contributed by atoms with Crippen LogP contribution in [-0.4, -0.2) is 22.9 Å². The average molecular weight is 351 g/mol. The zero-order valence-corrected chi connectivity index (χ0v) is 14.5. The Bertz CT molecular complexity index is 814. The van der Waals surface area contributed by atoms with Crippen molar-refractivity contribution in [1.29, 1.82) is 0 Å². The highest BCUT2D eigenvalue weighted by molar-refractivity contribution is 6.09. The molecule has 4 saturated carbocycles. The lowest BCUT2D eigenvalue weighted by molar-refractivity contribution is -0.131. The van der Waals surface area contributed by atoms with Crippen LogP contribution in [0, 0.1) is 23.2 Å². The van der Waals surface area contributed by atoms with Crippen molar-refractivity contribution >= 4 is 23.9 Å². The third kappa shape index (κ3) is 2.49. The number of carbonyl (C=O) groups excluding carboxylic acids is 1. The monoisotopic (exact) mass is 351 g/mol. The van der Waals surface area contributed by atoms with Crippen molar-refractivity contribution in [3.63, 3.8) is 0 Å². The van der Waals surface area contributed by atoms with Gasteiger partial charge in [-0.05, 0) is 80.1 Å². The molecule has 1 aliphatic heterocycles. The van der Waals surface area contributed by atoms with Gasteiger partial charge in [0.05, 0.1) is 5.56 Å². The fraction of sp³-hybridized carbons (Fsp3) is 0.476. The van der Waals surface area contributed by atoms with Crippen LogP contribution in [0.25, 0.3) is 6.08 Å². The number of hydrogen-bond acceptors (Lipinski definition) is 4. The van der Waals surface area contributed by atoms with Gasteiger partial charge in [-0.2, -0.15) is 0 Å². The first-order valence-corrected chi connectivity index (χ1v) is 9.37. The lowest BCUT2D eigenvalue weighted by Gasteiger charge is -2.55. The summed E-state index contributed by atoms with van der Waals surface area (Å²) in [5.41, 5.74) is 1.25. The molecule has 0 amide bonds. The van der Waals surface area contributed by atoms with E-state index >= 15 is 0 Å². The van der Waals surface area contributed by atoms with E-state index in [4.69, 9.17) is 9.84 Å². The minimum absolute atomic E-state index is 0.0346. The molecule has 0 unspecified atom stereocenters. The van der Waals surface area contributed by atoms with Gasteiger partial charge in [-0.25, -0.2) is 14.6 Å². The molecule has 4 aliphatic carbocycles. The van der Waals surface area contributed by atoms with Crippen molar-refractivity contribution in [1.82, 2.24) is 0 Å². The Hall–Kier alpha value is -2.43. The largest absolute Gasteiger partial charge is 0.478 e. The van der Waals surface area contributed by atoms with Gasteiger partial charge in [0, 0.05) is 5.41 Å². The van der Waals surface area contributed by atoms with E-state index in [0.717, 1.165) is 42.6 Å². The number of carboxylic acid groups (broad SMARTS) is 1. The fourth-order valence-corrected chi connectivity index (χ4v) is 5.89. The normalized spacial score (nSPS) is 36.3. The summed E-state index contributed by atoms with van der Waals surface area (Å²) in [5, 5.41) is 8.98. The quantitative estimate of drug-likeness (QED) is 0.662. The molecule has 4 fully saturated rings. The summed E-state index contributed by atoms with van der Waals surface area (Å²) in [6, 6.07) is 6.42. The number of cyclic esters (lactones) is 1. The first kappa shape index (κ1) is 15.8. The van der Waals surface area contributed by atoms with Gasteiger partial charge < -0.3 is 9.84 Å². The highest BCUT2D eigenvalue weighted by Crippen LogP contribution is 2.61. The SMILES string of the molecule is O=C1OC(C23CC4CC(CC(C4)C2)C3)=N/C1=C\c1ccc(C(=O)O)cc1. The molecule has 1 N–H and O–H groups in total. The van der Waals surface area contributed by atoms with Crippen LogP contribution < -0.4 is 0 Å². The Morgan fingerprint density at radius 2 is 1.65 bits per heavy atom. The van der Waals surface area contributed by atoms with E-state index in [-0.39, 0.29) is 11.0 Å². The lowest BCUT2D eigenvalue weighted by atomic mass is 9.49. The summed E-state index contributed by atoms with van der Waals surface area (Å²) in [6.45, 7) is 0. The average Bonchev–Trinajstić information content (AvgIpc) is 2.96. The van der Waals surface area contributed by atoms with E-state index in [1.165, 1.54) is 31.4 Å². The molecule has 5 heteroatoms. The summed E-state index contributed by atoms with van der Waals surface area (Å²) in [5.74, 6) is 1.57. The molecule has 0 spiro atoms. The summed E-state index contributed by atoms with van der Waals surface area (Å²) in [4.78, 5) is 27.9. The molecule has 5 aliphatic rings. The molecule has 6 rings (SSSR count). The maximum atomic E-state index is 12.4. The molecule has 0 radical (unpaired) electrons. The Morgan fingerprint density at radius 3 is 2.19 bits per heavy atom. The minimum atomic E-state index is -0.966. The number of aromatic carboxylic acids is 1. The number of nitrogens with zero attached hydrogens (tertiary/aromatic N) is 1. The summed E-state index contributed by atoms with van der Waals surface area (Å²) >= 11 is 0. The molecular weight excluding hydrogens is 330 g/mol. The van der Waals surface area contributed by atoms with Gasteiger partial charge >= 0.3 is 11.9 Å². The van der Waals surface area contributed by atoms with Crippen molar-refractivity contribution in [2.24, 2.45) is 28.2 Å². The third-order valence-electron chi connectivity index (χ3n) is 6.57. The number of hydrogen-bond donors (Lipinski definition) is 1. The Labute approximate surface area is 151 Å². The number of benzene rings is 1. The molecular formula is C21H21NO4. The number of rotatable bonds is 3. The highest BCUT2D eigenvalue weighted by Gasteiger charge is 2.55. The van der Waals surface area contributed by atoms with E-state index in [0.29, 0.717) is 11.6 Å². The minimum Gasteiger partial charge on any atom is -0.478 e. The predicted octanol–water partition coefficient (Wildman–Crippen LogP) is 3.90. The molecule has 0 aromatic heterocycles. The van der Waals surface area contributed by atoms with Crippen molar-refractivity contribution in [2.45, 2.75) is 38.5 Å². The molecule has 0 atom stereocenters. The molecule has 26 heavy (non-hydrogen) atoms. The van der Waals surface area contributed by atoms with Crippen LogP contribution in [-0.2, 0) is 9.53 Å². The van der Waals surface area contributed by atoms with E-state index in [1.54, 1.807) is 18.2 Å². The predicted molar refractivity (Wildman–Crippen MR) is 95.5 cm³/mol. The van der Waals surface area contributed by atoms with Crippen molar-refractivity contribution in [3.8, 4) is 0 Å². The molecule has 5 nitrogen and oxygen atoms in total.